The van der Waals surface area contributed by atoms with Gasteiger partial charge in [-0.1, -0.05) is 20.8 Å². The average molecular weight is 379 g/mol. The van der Waals surface area contributed by atoms with E-state index in [1.807, 2.05) is 6.92 Å². The zero-order valence-electron chi connectivity index (χ0n) is 17.3. The van der Waals surface area contributed by atoms with Gasteiger partial charge in [0.2, 0.25) is 0 Å². The van der Waals surface area contributed by atoms with Gasteiger partial charge in [0.1, 0.15) is 11.7 Å². The van der Waals surface area contributed by atoms with Gasteiger partial charge in [-0.25, -0.2) is 0 Å². The van der Waals surface area contributed by atoms with Crippen LogP contribution in [0.4, 0.5) is 0 Å². The lowest BCUT2D eigenvalue weighted by Crippen LogP contribution is -2.54. The Morgan fingerprint density at radius 1 is 1.15 bits per heavy atom. The van der Waals surface area contributed by atoms with Crippen LogP contribution in [0.5, 0.6) is 0 Å². The van der Waals surface area contributed by atoms with Gasteiger partial charge in [-0.2, -0.15) is 0 Å². The second-order valence-corrected chi connectivity index (χ2v) is 9.90. The number of hydrogen-bond donors (Lipinski definition) is 0. The Kier molecular flexibility index (Phi) is 4.91. The molecule has 0 radical (unpaired) electrons. The van der Waals surface area contributed by atoms with E-state index in [4.69, 9.17) is 14.2 Å². The second kappa shape index (κ2) is 6.84. The van der Waals surface area contributed by atoms with Crippen molar-refractivity contribution in [2.24, 2.45) is 35.5 Å². The number of Topliss-reactive ketones (excluding diaryl/α,β-unsaturated/α-hetero) is 1. The van der Waals surface area contributed by atoms with Crippen LogP contribution < -0.4 is 0 Å². The SMILES string of the molecule is CC(=O)OC1C(C)CC2C(C)COC3(C)C(=O)CCC(C)CC4OC3C2C41. The predicted molar refractivity (Wildman–Crippen MR) is 100 cm³/mol. The molecule has 1 saturated carbocycles. The second-order valence-electron chi connectivity index (χ2n) is 9.90. The summed E-state index contributed by atoms with van der Waals surface area (Å²) in [6.45, 7) is 10.7. The molecule has 2 bridgehead atoms. The van der Waals surface area contributed by atoms with E-state index in [9.17, 15) is 9.59 Å². The van der Waals surface area contributed by atoms with Crippen molar-refractivity contribution in [2.75, 3.05) is 6.61 Å². The topological polar surface area (TPSA) is 61.8 Å². The summed E-state index contributed by atoms with van der Waals surface area (Å²) in [6, 6.07) is 0. The van der Waals surface area contributed by atoms with Gasteiger partial charge >= 0.3 is 5.97 Å². The Balaban J connectivity index is 1.81. The normalized spacial score (nSPS) is 52.3. The molecule has 3 saturated heterocycles. The van der Waals surface area contributed by atoms with E-state index in [0.717, 1.165) is 19.3 Å². The first-order valence-electron chi connectivity index (χ1n) is 10.7. The van der Waals surface area contributed by atoms with E-state index in [-0.39, 0.29) is 41.9 Å². The van der Waals surface area contributed by atoms with E-state index in [2.05, 4.69) is 20.8 Å². The van der Waals surface area contributed by atoms with Crippen molar-refractivity contribution in [3.63, 3.8) is 0 Å². The lowest BCUT2D eigenvalue weighted by atomic mass is 9.59. The molecule has 27 heavy (non-hydrogen) atoms. The van der Waals surface area contributed by atoms with E-state index in [0.29, 0.717) is 36.7 Å². The van der Waals surface area contributed by atoms with Crippen molar-refractivity contribution >= 4 is 11.8 Å². The van der Waals surface area contributed by atoms with E-state index < -0.39 is 5.60 Å². The van der Waals surface area contributed by atoms with Crippen LogP contribution in [-0.2, 0) is 23.8 Å². The highest BCUT2D eigenvalue weighted by Crippen LogP contribution is 2.57. The first-order chi connectivity index (χ1) is 12.7. The summed E-state index contributed by atoms with van der Waals surface area (Å²) >= 11 is 0. The lowest BCUT2D eigenvalue weighted by molar-refractivity contribution is -0.165. The molecule has 4 aliphatic rings. The van der Waals surface area contributed by atoms with Crippen LogP contribution in [0.3, 0.4) is 0 Å². The van der Waals surface area contributed by atoms with Crippen LogP contribution in [0.1, 0.15) is 60.3 Å². The largest absolute Gasteiger partial charge is 0.462 e. The Bertz CT molecular complexity index is 618. The maximum Gasteiger partial charge on any atom is 0.302 e. The minimum absolute atomic E-state index is 0.0312. The maximum absolute atomic E-state index is 13.2. The first-order valence-corrected chi connectivity index (χ1v) is 10.7. The molecule has 0 aromatic rings. The van der Waals surface area contributed by atoms with Crippen LogP contribution in [0.25, 0.3) is 0 Å². The molecule has 3 heterocycles. The highest BCUT2D eigenvalue weighted by molar-refractivity contribution is 5.88. The van der Waals surface area contributed by atoms with Crippen molar-refractivity contribution in [2.45, 2.75) is 84.2 Å². The zero-order valence-corrected chi connectivity index (χ0v) is 17.3. The Morgan fingerprint density at radius 2 is 1.89 bits per heavy atom. The molecule has 0 spiro atoms. The fourth-order valence-electron chi connectivity index (χ4n) is 6.46. The Hall–Kier alpha value is -0.940. The molecule has 5 nitrogen and oxygen atoms in total. The smallest absolute Gasteiger partial charge is 0.302 e. The van der Waals surface area contributed by atoms with Crippen LogP contribution in [0, 0.1) is 35.5 Å². The molecule has 10 atom stereocenters. The summed E-state index contributed by atoms with van der Waals surface area (Å²) < 4.78 is 18.9. The van der Waals surface area contributed by atoms with Gasteiger partial charge in [0, 0.05) is 25.2 Å². The van der Waals surface area contributed by atoms with Gasteiger partial charge in [0.15, 0.2) is 5.78 Å². The van der Waals surface area contributed by atoms with Crippen molar-refractivity contribution in [3.05, 3.63) is 0 Å². The average Bonchev–Trinajstić information content (AvgIpc) is 2.95. The van der Waals surface area contributed by atoms with Crippen molar-refractivity contribution < 1.29 is 23.8 Å². The van der Waals surface area contributed by atoms with Crippen LogP contribution in [-0.4, -0.2) is 42.3 Å². The molecule has 1 aliphatic carbocycles. The molecule has 5 heteroatoms. The highest BCUT2D eigenvalue weighted by Gasteiger charge is 2.64. The number of fused-ring (bicyclic) bond motifs is 2. The molecule has 10 unspecified atom stereocenters. The molecule has 0 aromatic heterocycles. The molecule has 0 aromatic carbocycles. The Labute approximate surface area is 162 Å². The van der Waals surface area contributed by atoms with Gasteiger partial charge in [0.05, 0.1) is 18.8 Å². The van der Waals surface area contributed by atoms with E-state index >= 15 is 0 Å². The third kappa shape index (κ3) is 3.05. The first kappa shape index (κ1) is 19.4. The third-order valence-corrected chi connectivity index (χ3v) is 7.90. The molecule has 3 aliphatic heterocycles. The number of esters is 1. The van der Waals surface area contributed by atoms with Gasteiger partial charge in [-0.05, 0) is 49.9 Å². The van der Waals surface area contributed by atoms with E-state index in [1.165, 1.54) is 6.92 Å². The fraction of sp³-hybridized carbons (Fsp3) is 0.909. The summed E-state index contributed by atoms with van der Waals surface area (Å²) in [4.78, 5) is 25.1. The molecular formula is C22H34O5. The minimum Gasteiger partial charge on any atom is -0.462 e. The molecule has 0 N–H and O–H groups in total. The standard InChI is InChI=1S/C22H34O5/c1-11-6-7-17(24)22(5)21-18-15(13(3)10-25-22)9-12(2)20(26-14(4)23)19(18)16(8-11)27-21/h11-13,15-16,18-21H,6-10H2,1-5H3. The summed E-state index contributed by atoms with van der Waals surface area (Å²) in [7, 11) is 0. The van der Waals surface area contributed by atoms with Crippen LogP contribution in [0.2, 0.25) is 0 Å². The zero-order chi connectivity index (χ0) is 19.5. The summed E-state index contributed by atoms with van der Waals surface area (Å²) in [5.74, 6) is 1.85. The predicted octanol–water partition coefficient (Wildman–Crippen LogP) is 3.39. The molecule has 0 amide bonds. The third-order valence-electron chi connectivity index (χ3n) is 7.90. The van der Waals surface area contributed by atoms with E-state index in [1.54, 1.807) is 0 Å². The van der Waals surface area contributed by atoms with Crippen molar-refractivity contribution in [1.82, 2.24) is 0 Å². The van der Waals surface area contributed by atoms with Gasteiger partial charge in [0.25, 0.3) is 0 Å². The van der Waals surface area contributed by atoms with Crippen molar-refractivity contribution in [1.29, 1.82) is 0 Å². The molecular weight excluding hydrogens is 344 g/mol. The summed E-state index contributed by atoms with van der Waals surface area (Å²) in [6.07, 6.45) is 3.02. The fourth-order valence-corrected chi connectivity index (χ4v) is 6.46. The number of rotatable bonds is 1. The number of carbonyl (C=O) groups is 2. The van der Waals surface area contributed by atoms with Gasteiger partial charge in [-0.3, -0.25) is 9.59 Å². The van der Waals surface area contributed by atoms with Gasteiger partial charge < -0.3 is 14.2 Å². The molecule has 152 valence electrons. The number of hydrogen-bond acceptors (Lipinski definition) is 5. The monoisotopic (exact) mass is 378 g/mol. The van der Waals surface area contributed by atoms with Crippen molar-refractivity contribution in [3.8, 4) is 0 Å². The minimum atomic E-state index is -0.883. The maximum atomic E-state index is 13.2. The highest BCUT2D eigenvalue weighted by atomic mass is 16.6. The number of ketones is 1. The number of carbonyl (C=O) groups excluding carboxylic acids is 2. The summed E-state index contributed by atoms with van der Waals surface area (Å²) in [5, 5.41) is 0. The number of ether oxygens (including phenoxy) is 3. The van der Waals surface area contributed by atoms with Gasteiger partial charge in [-0.15, -0.1) is 0 Å². The summed E-state index contributed by atoms with van der Waals surface area (Å²) in [5.41, 5.74) is -0.883. The quantitative estimate of drug-likeness (QED) is 0.655. The molecule has 4 fully saturated rings. The Morgan fingerprint density at radius 3 is 2.59 bits per heavy atom. The van der Waals surface area contributed by atoms with Crippen LogP contribution >= 0.6 is 0 Å². The van der Waals surface area contributed by atoms with Crippen LogP contribution in [0.15, 0.2) is 0 Å². The molecule has 4 rings (SSSR count). The lowest BCUT2D eigenvalue weighted by Gasteiger charge is -2.46.